The van der Waals surface area contributed by atoms with Gasteiger partial charge < -0.3 is 15.0 Å². The van der Waals surface area contributed by atoms with Crippen LogP contribution in [0.1, 0.15) is 44.6 Å². The Kier molecular flexibility index (Phi) is 10.8. The fraction of sp³-hybridized carbons (Fsp3) is 0.355. The van der Waals surface area contributed by atoms with Crippen molar-refractivity contribution in [1.29, 1.82) is 0 Å². The van der Waals surface area contributed by atoms with E-state index in [-0.39, 0.29) is 29.1 Å². The summed E-state index contributed by atoms with van der Waals surface area (Å²) in [5, 5.41) is 3.78. The average Bonchev–Trinajstić information content (AvgIpc) is 2.99. The van der Waals surface area contributed by atoms with Crippen molar-refractivity contribution in [1.82, 2.24) is 10.2 Å². The second-order valence-corrected chi connectivity index (χ2v) is 13.1. The number of sulfonamides is 1. The van der Waals surface area contributed by atoms with Crippen molar-refractivity contribution in [3.8, 4) is 5.75 Å². The maximum atomic E-state index is 14.1. The molecule has 0 heterocycles. The van der Waals surface area contributed by atoms with Gasteiger partial charge in [-0.1, -0.05) is 60.7 Å². The van der Waals surface area contributed by atoms with E-state index in [0.717, 1.165) is 42.0 Å². The standard InChI is InChI=1S/C31H35Cl2N3O5S/c1-22(31(38)34-26-10-4-3-5-11-26)35(20-23-8-6-13-28(18-23)41-2)30(37)21-36(27-12-7-9-25(33)19-27)42(39,40)29-16-14-24(32)15-17-29/h6-9,12-19,22,26H,3-5,10-11,20-21H2,1-2H3,(H,34,38)/t22-/m0/s1. The summed E-state index contributed by atoms with van der Waals surface area (Å²) in [6, 6.07) is 18.4. The minimum Gasteiger partial charge on any atom is -0.497 e. The Morgan fingerprint density at radius 1 is 0.952 bits per heavy atom. The highest BCUT2D eigenvalue weighted by Crippen LogP contribution is 2.28. The predicted octanol–water partition coefficient (Wildman–Crippen LogP) is 6.06. The first-order valence-corrected chi connectivity index (χ1v) is 16.0. The molecular weight excluding hydrogens is 597 g/mol. The van der Waals surface area contributed by atoms with Crippen molar-refractivity contribution in [2.75, 3.05) is 18.0 Å². The van der Waals surface area contributed by atoms with Gasteiger partial charge in [-0.25, -0.2) is 8.42 Å². The molecule has 1 aliphatic carbocycles. The zero-order chi connectivity index (χ0) is 30.3. The second-order valence-electron chi connectivity index (χ2n) is 10.3. The van der Waals surface area contributed by atoms with Gasteiger partial charge in [0.05, 0.1) is 17.7 Å². The molecule has 3 aromatic carbocycles. The summed E-state index contributed by atoms with van der Waals surface area (Å²) >= 11 is 12.2. The molecule has 42 heavy (non-hydrogen) atoms. The number of carbonyl (C=O) groups excluding carboxylic acids is 2. The molecule has 1 N–H and O–H groups in total. The summed E-state index contributed by atoms with van der Waals surface area (Å²) in [6.45, 7) is 1.17. The van der Waals surface area contributed by atoms with E-state index in [2.05, 4.69) is 5.32 Å². The monoisotopic (exact) mass is 631 g/mol. The topological polar surface area (TPSA) is 96.0 Å². The molecule has 4 rings (SSSR count). The van der Waals surface area contributed by atoms with Crippen molar-refractivity contribution >= 4 is 50.7 Å². The molecule has 0 unspecified atom stereocenters. The number of ether oxygens (including phenoxy) is 1. The van der Waals surface area contributed by atoms with Crippen molar-refractivity contribution in [2.45, 2.75) is 62.6 Å². The van der Waals surface area contributed by atoms with Crippen LogP contribution in [-0.4, -0.2) is 50.9 Å². The van der Waals surface area contributed by atoms with Crippen LogP contribution in [0.3, 0.4) is 0 Å². The minimum atomic E-state index is -4.22. The summed E-state index contributed by atoms with van der Waals surface area (Å²) in [4.78, 5) is 28.9. The highest BCUT2D eigenvalue weighted by molar-refractivity contribution is 7.92. The van der Waals surface area contributed by atoms with Gasteiger partial charge in [-0.2, -0.15) is 0 Å². The first-order chi connectivity index (χ1) is 20.1. The Labute approximate surface area is 257 Å². The summed E-state index contributed by atoms with van der Waals surface area (Å²) in [7, 11) is -2.67. The molecule has 11 heteroatoms. The van der Waals surface area contributed by atoms with Crippen LogP contribution in [0.15, 0.2) is 77.7 Å². The van der Waals surface area contributed by atoms with Gasteiger partial charge in [0, 0.05) is 22.6 Å². The van der Waals surface area contributed by atoms with Crippen LogP contribution in [-0.2, 0) is 26.2 Å². The van der Waals surface area contributed by atoms with Crippen LogP contribution < -0.4 is 14.4 Å². The number of nitrogens with zero attached hydrogens (tertiary/aromatic N) is 2. The molecule has 8 nitrogen and oxygen atoms in total. The van der Waals surface area contributed by atoms with Gasteiger partial charge in [0.1, 0.15) is 18.3 Å². The quantitative estimate of drug-likeness (QED) is 0.277. The number of hydrogen-bond acceptors (Lipinski definition) is 5. The highest BCUT2D eigenvalue weighted by atomic mass is 35.5. The Hall–Kier alpha value is -3.27. The summed E-state index contributed by atoms with van der Waals surface area (Å²) in [5.41, 5.74) is 0.946. The van der Waals surface area contributed by atoms with E-state index in [1.807, 2.05) is 6.07 Å². The Morgan fingerprint density at radius 3 is 2.31 bits per heavy atom. The first kappa shape index (κ1) is 31.7. The molecule has 0 aliphatic heterocycles. The van der Waals surface area contributed by atoms with Crippen LogP contribution in [0.5, 0.6) is 5.75 Å². The third-order valence-electron chi connectivity index (χ3n) is 7.38. The van der Waals surface area contributed by atoms with Gasteiger partial charge in [-0.05, 0) is 79.9 Å². The number of methoxy groups -OCH3 is 1. The zero-order valence-corrected chi connectivity index (χ0v) is 26.0. The fourth-order valence-corrected chi connectivity index (χ4v) is 6.73. The number of anilines is 1. The van der Waals surface area contributed by atoms with Gasteiger partial charge in [-0.3, -0.25) is 13.9 Å². The SMILES string of the molecule is COc1cccc(CN(C(=O)CN(c2cccc(Cl)c2)S(=O)(=O)c2ccc(Cl)cc2)[C@@H](C)C(=O)NC2CCCCC2)c1. The van der Waals surface area contributed by atoms with Crippen molar-refractivity contribution in [2.24, 2.45) is 0 Å². The Bertz CT molecular complexity index is 1490. The van der Waals surface area contributed by atoms with Crippen LogP contribution in [0.25, 0.3) is 0 Å². The van der Waals surface area contributed by atoms with Gasteiger partial charge in [0.25, 0.3) is 10.0 Å². The Morgan fingerprint density at radius 2 is 1.64 bits per heavy atom. The van der Waals surface area contributed by atoms with Gasteiger partial charge in [-0.15, -0.1) is 0 Å². The molecule has 0 aromatic heterocycles. The lowest BCUT2D eigenvalue weighted by Gasteiger charge is -2.33. The lowest BCUT2D eigenvalue weighted by atomic mass is 9.95. The van der Waals surface area contributed by atoms with Crippen molar-refractivity contribution < 1.29 is 22.7 Å². The number of benzene rings is 3. The molecule has 3 aromatic rings. The minimum absolute atomic E-state index is 0.0397. The summed E-state index contributed by atoms with van der Waals surface area (Å²) in [5.74, 6) is -0.236. The van der Waals surface area contributed by atoms with Crippen molar-refractivity contribution in [3.05, 3.63) is 88.4 Å². The molecule has 1 atom stereocenters. The number of carbonyl (C=O) groups is 2. The zero-order valence-electron chi connectivity index (χ0n) is 23.6. The number of hydrogen-bond donors (Lipinski definition) is 1. The number of nitrogens with one attached hydrogen (secondary N) is 1. The lowest BCUT2D eigenvalue weighted by molar-refractivity contribution is -0.139. The first-order valence-electron chi connectivity index (χ1n) is 13.8. The van der Waals surface area contributed by atoms with E-state index in [4.69, 9.17) is 27.9 Å². The van der Waals surface area contributed by atoms with E-state index in [9.17, 15) is 18.0 Å². The molecule has 0 saturated heterocycles. The fourth-order valence-electron chi connectivity index (χ4n) is 5.01. The van der Waals surface area contributed by atoms with E-state index in [0.29, 0.717) is 15.8 Å². The normalized spacial score (nSPS) is 14.6. The molecule has 2 amide bonds. The summed E-state index contributed by atoms with van der Waals surface area (Å²) < 4.78 is 34.1. The molecule has 0 spiro atoms. The smallest absolute Gasteiger partial charge is 0.264 e. The van der Waals surface area contributed by atoms with Gasteiger partial charge in [0.15, 0.2) is 0 Å². The maximum Gasteiger partial charge on any atom is 0.264 e. The third kappa shape index (κ3) is 7.96. The number of halogens is 2. The van der Waals surface area contributed by atoms with Crippen LogP contribution in [0.4, 0.5) is 5.69 Å². The van der Waals surface area contributed by atoms with E-state index < -0.39 is 28.5 Å². The van der Waals surface area contributed by atoms with E-state index >= 15 is 0 Å². The van der Waals surface area contributed by atoms with Gasteiger partial charge in [0.2, 0.25) is 11.8 Å². The predicted molar refractivity (Wildman–Crippen MR) is 165 cm³/mol. The van der Waals surface area contributed by atoms with Crippen LogP contribution in [0.2, 0.25) is 10.0 Å². The van der Waals surface area contributed by atoms with Crippen LogP contribution in [0, 0.1) is 0 Å². The molecule has 0 bridgehead atoms. The lowest BCUT2D eigenvalue weighted by Crippen LogP contribution is -2.53. The van der Waals surface area contributed by atoms with Gasteiger partial charge >= 0.3 is 0 Å². The maximum absolute atomic E-state index is 14.1. The third-order valence-corrected chi connectivity index (χ3v) is 9.66. The largest absolute Gasteiger partial charge is 0.497 e. The highest BCUT2D eigenvalue weighted by Gasteiger charge is 2.33. The van der Waals surface area contributed by atoms with E-state index in [1.54, 1.807) is 50.4 Å². The van der Waals surface area contributed by atoms with Crippen molar-refractivity contribution in [3.63, 3.8) is 0 Å². The Balaban J connectivity index is 1.68. The number of amides is 2. The van der Waals surface area contributed by atoms with E-state index in [1.165, 1.54) is 35.2 Å². The molecule has 0 radical (unpaired) electrons. The summed E-state index contributed by atoms with van der Waals surface area (Å²) in [6.07, 6.45) is 5.02. The molecule has 1 saturated carbocycles. The van der Waals surface area contributed by atoms with Crippen LogP contribution >= 0.6 is 23.2 Å². The molecule has 1 aliphatic rings. The average molecular weight is 633 g/mol. The molecular formula is C31H35Cl2N3O5S. The molecule has 1 fully saturated rings. The number of rotatable bonds is 11. The molecule has 224 valence electrons. The second kappa shape index (κ2) is 14.3.